The molecule has 1 rings (SSSR count). The number of aliphatic hydroxyl groups excluding tert-OH is 1. The van der Waals surface area contributed by atoms with E-state index in [0.29, 0.717) is 12.3 Å². The number of amides is 1. The number of carbonyl (C=O) groups is 1. The van der Waals surface area contributed by atoms with Gasteiger partial charge in [-0.2, -0.15) is 0 Å². The van der Waals surface area contributed by atoms with Crippen LogP contribution < -0.4 is 5.32 Å². The summed E-state index contributed by atoms with van der Waals surface area (Å²) in [6.07, 6.45) is 5.11. The van der Waals surface area contributed by atoms with Crippen molar-refractivity contribution in [2.24, 2.45) is 11.8 Å². The summed E-state index contributed by atoms with van der Waals surface area (Å²) in [5.41, 5.74) is 0. The molecule has 0 bridgehead atoms. The van der Waals surface area contributed by atoms with Gasteiger partial charge in [0.05, 0.1) is 0 Å². The predicted molar refractivity (Wildman–Crippen MR) is 60.4 cm³/mol. The van der Waals surface area contributed by atoms with Gasteiger partial charge in [0.1, 0.15) is 0 Å². The highest BCUT2D eigenvalue weighted by Crippen LogP contribution is 2.25. The van der Waals surface area contributed by atoms with Gasteiger partial charge in [-0.1, -0.05) is 26.7 Å². The van der Waals surface area contributed by atoms with Crippen LogP contribution in [0.3, 0.4) is 0 Å². The van der Waals surface area contributed by atoms with Crippen molar-refractivity contribution in [3.8, 4) is 0 Å². The van der Waals surface area contributed by atoms with Gasteiger partial charge < -0.3 is 10.4 Å². The van der Waals surface area contributed by atoms with E-state index in [0.717, 1.165) is 12.8 Å². The van der Waals surface area contributed by atoms with Gasteiger partial charge in [-0.15, -0.1) is 0 Å². The summed E-state index contributed by atoms with van der Waals surface area (Å²) in [7, 11) is 0. The van der Waals surface area contributed by atoms with Crippen LogP contribution in [0, 0.1) is 11.8 Å². The Morgan fingerprint density at radius 1 is 1.40 bits per heavy atom. The minimum atomic E-state index is 0.128. The summed E-state index contributed by atoms with van der Waals surface area (Å²) in [4.78, 5) is 11.8. The minimum Gasteiger partial charge on any atom is -0.396 e. The molecule has 1 unspecified atom stereocenters. The molecule has 0 aromatic heterocycles. The molecule has 0 saturated heterocycles. The third-order valence-corrected chi connectivity index (χ3v) is 3.30. The number of hydrogen-bond acceptors (Lipinski definition) is 2. The molecule has 0 heterocycles. The molecule has 15 heavy (non-hydrogen) atoms. The van der Waals surface area contributed by atoms with E-state index in [4.69, 9.17) is 5.11 Å². The molecule has 0 spiro atoms. The molecule has 0 aromatic carbocycles. The van der Waals surface area contributed by atoms with Gasteiger partial charge in [-0.3, -0.25) is 4.79 Å². The van der Waals surface area contributed by atoms with Crippen molar-refractivity contribution in [1.29, 1.82) is 0 Å². The van der Waals surface area contributed by atoms with E-state index in [1.54, 1.807) is 0 Å². The van der Waals surface area contributed by atoms with E-state index in [-0.39, 0.29) is 24.5 Å². The monoisotopic (exact) mass is 213 g/mol. The van der Waals surface area contributed by atoms with Crippen LogP contribution in [-0.4, -0.2) is 23.7 Å². The summed E-state index contributed by atoms with van der Waals surface area (Å²) in [6.45, 7) is 4.30. The molecule has 1 saturated carbocycles. The maximum Gasteiger partial charge on any atom is 0.223 e. The highest BCUT2D eigenvalue weighted by molar-refractivity contribution is 5.79. The van der Waals surface area contributed by atoms with Gasteiger partial charge >= 0.3 is 0 Å². The Bertz CT molecular complexity index is 198. The fourth-order valence-corrected chi connectivity index (χ4v) is 2.20. The summed E-state index contributed by atoms with van der Waals surface area (Å²) in [5.74, 6) is 0.812. The lowest BCUT2D eigenvalue weighted by atomic mass is 9.99. The topological polar surface area (TPSA) is 49.3 Å². The van der Waals surface area contributed by atoms with Crippen molar-refractivity contribution < 1.29 is 9.90 Å². The van der Waals surface area contributed by atoms with Crippen molar-refractivity contribution in [2.75, 3.05) is 6.61 Å². The van der Waals surface area contributed by atoms with E-state index in [9.17, 15) is 4.79 Å². The zero-order valence-corrected chi connectivity index (χ0v) is 9.83. The third-order valence-electron chi connectivity index (χ3n) is 3.30. The average Bonchev–Trinajstić information content (AvgIpc) is 2.69. The van der Waals surface area contributed by atoms with Gasteiger partial charge in [-0.25, -0.2) is 0 Å². The fourth-order valence-electron chi connectivity index (χ4n) is 2.20. The average molecular weight is 213 g/mol. The first-order chi connectivity index (χ1) is 7.15. The molecule has 0 aliphatic heterocycles. The van der Waals surface area contributed by atoms with Crippen molar-refractivity contribution in [3.05, 3.63) is 0 Å². The second-order valence-corrected chi connectivity index (χ2v) is 4.85. The first-order valence-electron chi connectivity index (χ1n) is 6.06. The molecule has 1 fully saturated rings. The molecule has 1 atom stereocenters. The van der Waals surface area contributed by atoms with Crippen molar-refractivity contribution in [3.63, 3.8) is 0 Å². The summed E-state index contributed by atoms with van der Waals surface area (Å²) < 4.78 is 0. The highest BCUT2D eigenvalue weighted by Gasteiger charge is 2.25. The SMILES string of the molecule is CC(C)C(CCO)NC(=O)C1CCCC1. The molecular weight excluding hydrogens is 190 g/mol. The van der Waals surface area contributed by atoms with Gasteiger partial charge in [0.15, 0.2) is 0 Å². The van der Waals surface area contributed by atoms with Crippen molar-refractivity contribution in [2.45, 2.75) is 52.0 Å². The molecular formula is C12H23NO2. The number of rotatable bonds is 5. The molecule has 2 N–H and O–H groups in total. The zero-order valence-electron chi connectivity index (χ0n) is 9.83. The van der Waals surface area contributed by atoms with Gasteiger partial charge in [0.25, 0.3) is 0 Å². The van der Waals surface area contributed by atoms with Crippen LogP contribution in [0.1, 0.15) is 46.0 Å². The van der Waals surface area contributed by atoms with Gasteiger partial charge in [-0.05, 0) is 25.2 Å². The maximum atomic E-state index is 11.8. The largest absolute Gasteiger partial charge is 0.396 e. The second kappa shape index (κ2) is 6.11. The Labute approximate surface area is 92.3 Å². The molecule has 88 valence electrons. The van der Waals surface area contributed by atoms with Gasteiger partial charge in [0.2, 0.25) is 5.91 Å². The van der Waals surface area contributed by atoms with Crippen LogP contribution >= 0.6 is 0 Å². The van der Waals surface area contributed by atoms with E-state index < -0.39 is 0 Å². The quantitative estimate of drug-likeness (QED) is 0.730. The van der Waals surface area contributed by atoms with E-state index in [1.807, 2.05) is 0 Å². The molecule has 1 amide bonds. The number of hydrogen-bond donors (Lipinski definition) is 2. The van der Waals surface area contributed by atoms with E-state index in [2.05, 4.69) is 19.2 Å². The maximum absolute atomic E-state index is 11.8. The molecule has 1 aliphatic carbocycles. The fraction of sp³-hybridized carbons (Fsp3) is 0.917. The third kappa shape index (κ3) is 3.82. The van der Waals surface area contributed by atoms with Crippen LogP contribution in [0.4, 0.5) is 0 Å². The molecule has 1 aliphatic rings. The summed E-state index contributed by atoms with van der Waals surface area (Å²) in [5, 5.41) is 12.0. The molecule has 3 heteroatoms. The highest BCUT2D eigenvalue weighted by atomic mass is 16.3. The Hall–Kier alpha value is -0.570. The molecule has 0 radical (unpaired) electrons. The van der Waals surface area contributed by atoms with Crippen molar-refractivity contribution in [1.82, 2.24) is 5.32 Å². The molecule has 0 aromatic rings. The van der Waals surface area contributed by atoms with E-state index in [1.165, 1.54) is 12.8 Å². The lowest BCUT2D eigenvalue weighted by molar-refractivity contribution is -0.125. The first-order valence-corrected chi connectivity index (χ1v) is 6.06. The molecule has 3 nitrogen and oxygen atoms in total. The standard InChI is InChI=1S/C12H23NO2/c1-9(2)11(7-8-14)13-12(15)10-5-3-4-6-10/h9-11,14H,3-8H2,1-2H3,(H,13,15). The van der Waals surface area contributed by atoms with Crippen LogP contribution in [0.2, 0.25) is 0 Å². The van der Waals surface area contributed by atoms with Crippen LogP contribution in [0.25, 0.3) is 0 Å². The van der Waals surface area contributed by atoms with Gasteiger partial charge in [0, 0.05) is 18.6 Å². The number of nitrogens with one attached hydrogen (secondary N) is 1. The van der Waals surface area contributed by atoms with Crippen LogP contribution in [0.15, 0.2) is 0 Å². The first kappa shape index (κ1) is 12.5. The van der Waals surface area contributed by atoms with Crippen LogP contribution in [0.5, 0.6) is 0 Å². The summed E-state index contributed by atoms with van der Waals surface area (Å²) >= 11 is 0. The lowest BCUT2D eigenvalue weighted by Crippen LogP contribution is -2.41. The summed E-state index contributed by atoms with van der Waals surface area (Å²) in [6, 6.07) is 0.128. The van der Waals surface area contributed by atoms with Crippen molar-refractivity contribution >= 4 is 5.91 Å². The normalized spacial score (nSPS) is 19.5. The Balaban J connectivity index is 2.38. The Morgan fingerprint density at radius 2 is 2.00 bits per heavy atom. The van der Waals surface area contributed by atoms with Crippen LogP contribution in [-0.2, 0) is 4.79 Å². The Morgan fingerprint density at radius 3 is 2.47 bits per heavy atom. The minimum absolute atomic E-state index is 0.128. The second-order valence-electron chi connectivity index (χ2n) is 4.85. The number of carbonyl (C=O) groups excluding carboxylic acids is 1. The lowest BCUT2D eigenvalue weighted by Gasteiger charge is -2.23. The Kier molecular flexibility index (Phi) is 5.09. The smallest absolute Gasteiger partial charge is 0.223 e. The number of aliphatic hydroxyl groups is 1. The zero-order chi connectivity index (χ0) is 11.3. The van der Waals surface area contributed by atoms with E-state index >= 15 is 0 Å². The predicted octanol–water partition coefficient (Wildman–Crippen LogP) is 1.70.